The predicted molar refractivity (Wildman–Crippen MR) is 103 cm³/mol. The molecule has 0 bridgehead atoms. The Kier molecular flexibility index (Phi) is 13.0. The molecule has 0 atom stereocenters. The van der Waals surface area contributed by atoms with Crippen LogP contribution in [-0.4, -0.2) is 16.5 Å². The normalized spacial score (nSPS) is 15.1. The van der Waals surface area contributed by atoms with Gasteiger partial charge in [0.25, 0.3) is 0 Å². The maximum atomic E-state index is 10.8. The summed E-state index contributed by atoms with van der Waals surface area (Å²) in [6.45, 7) is 12.7. The Morgan fingerprint density at radius 3 is 1.93 bits per heavy atom. The summed E-state index contributed by atoms with van der Waals surface area (Å²) in [5.74, 6) is 0.275. The van der Waals surface area contributed by atoms with Gasteiger partial charge in [-0.15, -0.1) is 0 Å². The Morgan fingerprint density at radius 1 is 0.929 bits per heavy atom. The van der Waals surface area contributed by atoms with Crippen LogP contribution in [0, 0.1) is 10.8 Å². The van der Waals surface area contributed by atoms with Gasteiger partial charge in [-0.05, 0) is 46.6 Å². The molecule has 3 nitrogen and oxygen atoms in total. The summed E-state index contributed by atoms with van der Waals surface area (Å²) in [5, 5.41) is 26.7. The monoisotopic (exact) mass is 481 g/mol. The van der Waals surface area contributed by atoms with E-state index in [-0.39, 0.29) is 82.6 Å². The molecule has 1 aromatic rings. The Bertz CT molecular complexity index is 773. The number of phenolic OH excluding ortho intramolecular Hbond substituents is 1. The van der Waals surface area contributed by atoms with Crippen molar-refractivity contribution in [1.29, 1.82) is 10.8 Å². The first kappa shape index (κ1) is 31.9. The Balaban J connectivity index is -0.00000156. The largest absolute Gasteiger partial charge is 3.00 e. The van der Waals surface area contributed by atoms with Crippen LogP contribution in [0.1, 0.15) is 64.7 Å². The van der Waals surface area contributed by atoms with E-state index in [2.05, 4.69) is 47.6 Å². The van der Waals surface area contributed by atoms with Gasteiger partial charge in [-0.1, -0.05) is 53.7 Å². The van der Waals surface area contributed by atoms with Crippen LogP contribution >= 0.6 is 0 Å². The number of hydrogen-bond donors (Lipinski definition) is 3. The van der Waals surface area contributed by atoms with E-state index >= 15 is 0 Å². The van der Waals surface area contributed by atoms with E-state index in [0.29, 0.717) is 6.42 Å². The van der Waals surface area contributed by atoms with E-state index in [1.807, 2.05) is 18.2 Å². The van der Waals surface area contributed by atoms with Crippen molar-refractivity contribution in [2.75, 3.05) is 0 Å². The molecule has 3 N–H and O–H groups in total. The second-order valence-electron chi connectivity index (χ2n) is 8.53. The summed E-state index contributed by atoms with van der Waals surface area (Å²) < 4.78 is 0. The topological polar surface area (TPSA) is 67.9 Å². The molecule has 1 aliphatic carbocycles. The third-order valence-corrected chi connectivity index (χ3v) is 4.36. The van der Waals surface area contributed by atoms with Crippen LogP contribution in [-0.2, 0) is 28.2 Å². The molecule has 1 aromatic carbocycles. The number of phenols is 1. The number of rotatable bonds is 1. The molecule has 7 heteroatoms. The summed E-state index contributed by atoms with van der Waals surface area (Å²) >= 11 is 0. The van der Waals surface area contributed by atoms with Gasteiger partial charge >= 0.3 is 17.4 Å². The molecule has 0 amide bonds. The second-order valence-corrected chi connectivity index (χ2v) is 8.53. The minimum Gasteiger partial charge on any atom is -1.00 e. The van der Waals surface area contributed by atoms with Gasteiger partial charge in [-0.25, -0.2) is 0 Å². The zero-order chi connectivity index (χ0) is 18.3. The van der Waals surface area contributed by atoms with E-state index in [9.17, 15) is 5.11 Å². The third kappa shape index (κ3) is 7.25. The van der Waals surface area contributed by atoms with E-state index in [4.69, 9.17) is 10.8 Å². The molecular formula is C21H28Cl3CrN2O. The molecule has 0 unspecified atom stereocenters. The number of halogens is 3. The van der Waals surface area contributed by atoms with Crippen molar-refractivity contribution in [1.82, 2.24) is 0 Å². The molecule has 2 rings (SSSR count). The van der Waals surface area contributed by atoms with E-state index in [1.165, 1.54) is 0 Å². The number of allylic oxidation sites excluding steroid dienone is 3. The molecule has 0 heterocycles. The molecule has 0 aliphatic heterocycles. The average molecular weight is 483 g/mol. The summed E-state index contributed by atoms with van der Waals surface area (Å²) in [6, 6.07) is 4.10. The fourth-order valence-electron chi connectivity index (χ4n) is 2.75. The maximum absolute atomic E-state index is 10.8. The van der Waals surface area contributed by atoms with Crippen LogP contribution in [0.15, 0.2) is 29.9 Å². The third-order valence-electron chi connectivity index (χ3n) is 4.36. The number of benzene rings is 1. The Labute approximate surface area is 198 Å². The van der Waals surface area contributed by atoms with E-state index < -0.39 is 0 Å². The molecule has 155 valence electrons. The van der Waals surface area contributed by atoms with Crippen LogP contribution in [0.4, 0.5) is 0 Å². The number of hydrogen-bond acceptors (Lipinski definition) is 3. The van der Waals surface area contributed by atoms with Crippen molar-refractivity contribution in [3.05, 3.63) is 46.5 Å². The quantitative estimate of drug-likeness (QED) is 0.380. The van der Waals surface area contributed by atoms with Crippen molar-refractivity contribution < 1.29 is 59.7 Å². The zero-order valence-electron chi connectivity index (χ0n) is 17.1. The van der Waals surface area contributed by atoms with Gasteiger partial charge in [0, 0.05) is 11.1 Å². The van der Waals surface area contributed by atoms with Crippen LogP contribution in [0.25, 0.3) is 6.08 Å². The van der Waals surface area contributed by atoms with Gasteiger partial charge in [-0.3, -0.25) is 10.8 Å². The molecular weight excluding hydrogens is 455 g/mol. The summed E-state index contributed by atoms with van der Waals surface area (Å²) in [6.07, 6.45) is 6.03. The molecule has 0 fully saturated rings. The average Bonchev–Trinajstić information content (AvgIpc) is 2.43. The number of aromatic hydroxyl groups is 1. The summed E-state index contributed by atoms with van der Waals surface area (Å²) in [7, 11) is 0. The van der Waals surface area contributed by atoms with Crippen LogP contribution in [0.2, 0.25) is 0 Å². The molecule has 0 saturated heterocycles. The fourth-order valence-corrected chi connectivity index (χ4v) is 2.75. The molecule has 1 aliphatic rings. The predicted octanol–water partition coefficient (Wildman–Crippen LogP) is -3.62. The SMILES string of the molecule is CC(C)(C)c1cc(C=C2CC=CC(=N)C2=N)c(O)c(C(C)(C)C)c1.[Cl-].[Cl-].[Cl-].[Cr+3]. The first-order valence-corrected chi connectivity index (χ1v) is 8.34. The molecule has 0 saturated carbocycles. The van der Waals surface area contributed by atoms with Gasteiger partial charge in [0.2, 0.25) is 0 Å². The van der Waals surface area contributed by atoms with Crippen LogP contribution < -0.4 is 37.2 Å². The van der Waals surface area contributed by atoms with Gasteiger partial charge < -0.3 is 42.3 Å². The molecule has 1 radical (unpaired) electrons. The van der Waals surface area contributed by atoms with E-state index in [0.717, 1.165) is 22.3 Å². The maximum Gasteiger partial charge on any atom is 3.00 e. The van der Waals surface area contributed by atoms with Crippen molar-refractivity contribution in [2.24, 2.45) is 0 Å². The van der Waals surface area contributed by atoms with Crippen LogP contribution in [0.3, 0.4) is 0 Å². The van der Waals surface area contributed by atoms with Crippen molar-refractivity contribution in [3.63, 3.8) is 0 Å². The minimum atomic E-state index is -0.175. The van der Waals surface area contributed by atoms with Crippen molar-refractivity contribution >= 4 is 17.5 Å². The van der Waals surface area contributed by atoms with Crippen LogP contribution in [0.5, 0.6) is 5.75 Å². The number of nitrogens with one attached hydrogen (secondary N) is 2. The molecule has 28 heavy (non-hydrogen) atoms. The Hall–Kier alpha value is -0.758. The fraction of sp³-hybridized carbons (Fsp3) is 0.429. The van der Waals surface area contributed by atoms with Gasteiger partial charge in [0.15, 0.2) is 0 Å². The second kappa shape index (κ2) is 11.4. The van der Waals surface area contributed by atoms with Gasteiger partial charge in [-0.2, -0.15) is 0 Å². The molecule has 0 aromatic heterocycles. The van der Waals surface area contributed by atoms with Gasteiger partial charge in [0.1, 0.15) is 5.75 Å². The summed E-state index contributed by atoms with van der Waals surface area (Å²) in [5.41, 5.74) is 3.81. The standard InChI is InChI=1S/C21H28N2O.3ClH.Cr/c1-20(2,3)15-11-14(19(24)16(12-15)21(4,5)6)10-13-8-7-9-17(22)18(13)23;;;;/h7,9-12,22-24H,8H2,1-6H3;3*1H;/q;;;;+3/p-3. The first-order valence-electron chi connectivity index (χ1n) is 8.34. The summed E-state index contributed by atoms with van der Waals surface area (Å²) in [4.78, 5) is 0. The minimum absolute atomic E-state index is 0. The van der Waals surface area contributed by atoms with E-state index in [1.54, 1.807) is 6.08 Å². The van der Waals surface area contributed by atoms with Gasteiger partial charge in [0.05, 0.1) is 11.4 Å². The molecule has 0 spiro atoms. The van der Waals surface area contributed by atoms with Crippen molar-refractivity contribution in [2.45, 2.75) is 58.8 Å². The Morgan fingerprint density at radius 2 is 1.46 bits per heavy atom. The van der Waals surface area contributed by atoms with Crippen molar-refractivity contribution in [3.8, 4) is 5.75 Å². The zero-order valence-corrected chi connectivity index (χ0v) is 20.6. The smallest absolute Gasteiger partial charge is 1.00 e. The first-order chi connectivity index (χ1) is 10.9.